The zero-order chi connectivity index (χ0) is 5.11. The Hall–Kier alpha value is -0.563. The lowest BCUT2D eigenvalue weighted by Crippen LogP contribution is -1.83. The zero-order valence-electron chi connectivity index (χ0n) is 4.02. The van der Waals surface area contributed by atoms with E-state index in [1.807, 2.05) is 12.2 Å². The predicted octanol–water partition coefficient (Wildman–Crippen LogP) is 1.29. The predicted molar refractivity (Wildman–Crippen MR) is 33.2 cm³/mol. The minimum Gasteiger partial charge on any atom is -0.0916 e. The molecule has 1 heterocycles. The maximum atomic E-state index is 3.74. The highest BCUT2D eigenvalue weighted by Gasteiger charge is 2.01. The van der Waals surface area contributed by atoms with Crippen LogP contribution in [0.1, 0.15) is 0 Å². The molecule has 0 amide bonds. The van der Waals surface area contributed by atoms with Crippen molar-refractivity contribution >= 4 is 9.52 Å². The van der Waals surface area contributed by atoms with Crippen molar-refractivity contribution in [2.45, 2.75) is 0 Å². The van der Waals surface area contributed by atoms with Gasteiger partial charge in [0, 0.05) is 0 Å². The molecule has 0 bridgehead atoms. The van der Waals surface area contributed by atoms with E-state index in [2.05, 4.69) is 18.0 Å². The third kappa shape index (κ3) is 1.16. The van der Waals surface area contributed by atoms with Gasteiger partial charge in [-0.05, 0) is 17.7 Å². The molecule has 0 aromatic carbocycles. The van der Waals surface area contributed by atoms with Gasteiger partial charge in [-0.2, -0.15) is 0 Å². The molecule has 1 aliphatic heterocycles. The molecule has 1 rings (SSSR count). The van der Waals surface area contributed by atoms with Crippen LogP contribution >= 0.6 is 0 Å². The molecule has 0 nitrogen and oxygen atoms in total. The van der Waals surface area contributed by atoms with Gasteiger partial charge in [0.1, 0.15) is 0 Å². The van der Waals surface area contributed by atoms with E-state index in [-0.39, 0.29) is 0 Å². The minimum absolute atomic E-state index is 0.866. The lowest BCUT2D eigenvalue weighted by atomic mass is 10.3. The molecule has 0 saturated heterocycles. The maximum Gasteiger partial charge on any atom is 0.550 e. The van der Waals surface area contributed by atoms with E-state index in [0.717, 1.165) is 15.1 Å². The Bertz CT molecular complexity index is 117. The van der Waals surface area contributed by atoms with Gasteiger partial charge in [0.2, 0.25) is 0 Å². The van der Waals surface area contributed by atoms with E-state index in [0.29, 0.717) is 0 Å². The summed E-state index contributed by atoms with van der Waals surface area (Å²) in [6.07, 6.45) is 4.08. The minimum atomic E-state index is 0.866. The second-order valence-electron chi connectivity index (χ2n) is 1.41. The highest BCUT2D eigenvalue weighted by Crippen LogP contribution is 1.97. The highest BCUT2D eigenvalue weighted by atomic mass is 28.2. The number of allylic oxidation sites excluding steroid dienone is 3. The van der Waals surface area contributed by atoms with Crippen molar-refractivity contribution in [2.75, 3.05) is 0 Å². The smallest absolute Gasteiger partial charge is 0.0916 e. The number of hydrogen-bond donors (Lipinski definition) is 0. The molecule has 0 N–H and O–H groups in total. The second kappa shape index (κ2) is 1.94. The van der Waals surface area contributed by atoms with E-state index < -0.39 is 0 Å². The fourth-order valence-electron chi connectivity index (χ4n) is 0.421. The first kappa shape index (κ1) is 4.59. The van der Waals surface area contributed by atoms with Crippen LogP contribution in [0.4, 0.5) is 0 Å². The molecule has 7 heavy (non-hydrogen) atoms. The Labute approximate surface area is 46.1 Å². The summed E-state index contributed by atoms with van der Waals surface area (Å²) in [5, 5.41) is 0. The van der Waals surface area contributed by atoms with Gasteiger partial charge in [-0.15, -0.1) is 0 Å². The quantitative estimate of drug-likeness (QED) is 0.408. The van der Waals surface area contributed by atoms with Crippen molar-refractivity contribution in [3.63, 3.8) is 0 Å². The average molecular weight is 106 g/mol. The van der Waals surface area contributed by atoms with E-state index in [9.17, 15) is 0 Å². The molecular weight excluding hydrogens is 100 g/mol. The normalized spacial score (nSPS) is 16.9. The van der Waals surface area contributed by atoms with Crippen LogP contribution in [-0.4, -0.2) is 9.52 Å². The van der Waals surface area contributed by atoms with Crippen molar-refractivity contribution in [1.29, 1.82) is 0 Å². The lowest BCUT2D eigenvalue weighted by molar-refractivity contribution is 1.76. The first-order valence-corrected chi connectivity index (χ1v) is 3.33. The van der Waals surface area contributed by atoms with Crippen LogP contribution in [0.3, 0.4) is 0 Å². The number of rotatable bonds is 0. The molecule has 1 heteroatoms. The zero-order valence-corrected chi connectivity index (χ0v) is 5.02. The van der Waals surface area contributed by atoms with Gasteiger partial charge in [0.25, 0.3) is 0 Å². The molecule has 0 spiro atoms. The molecule has 0 aromatic rings. The molecule has 0 aromatic heterocycles. The fourth-order valence-corrected chi connectivity index (χ4v) is 1.15. The summed E-state index contributed by atoms with van der Waals surface area (Å²) in [6.45, 7) is 3.74. The SMILES string of the molecule is C=C1C=C[Si+]C=C1. The topological polar surface area (TPSA) is 0 Å². The number of hydrogen-bond acceptors (Lipinski definition) is 0. The molecule has 1 radical (unpaired) electrons. The summed E-state index contributed by atoms with van der Waals surface area (Å²) < 4.78 is 0. The average Bonchev–Trinajstić information content (AvgIpc) is 1.69. The Balaban J connectivity index is 2.66. The van der Waals surface area contributed by atoms with Crippen LogP contribution in [0, 0.1) is 0 Å². The van der Waals surface area contributed by atoms with Gasteiger partial charge in [-0.25, -0.2) is 0 Å². The molecule has 0 fully saturated rings. The van der Waals surface area contributed by atoms with Gasteiger partial charge in [0.05, 0.1) is 11.4 Å². The van der Waals surface area contributed by atoms with Gasteiger partial charge in [0.15, 0.2) is 0 Å². The summed E-state index contributed by atoms with van der Waals surface area (Å²) in [5.41, 5.74) is 5.36. The van der Waals surface area contributed by atoms with Gasteiger partial charge < -0.3 is 0 Å². The molecule has 0 unspecified atom stereocenters. The van der Waals surface area contributed by atoms with Crippen LogP contribution < -0.4 is 0 Å². The van der Waals surface area contributed by atoms with Crippen molar-refractivity contribution < 1.29 is 0 Å². The highest BCUT2D eigenvalue weighted by molar-refractivity contribution is 6.48. The van der Waals surface area contributed by atoms with Gasteiger partial charge in [-0.3, -0.25) is 0 Å². The molecule has 0 saturated carbocycles. The maximum absolute atomic E-state index is 3.74. The van der Waals surface area contributed by atoms with E-state index >= 15 is 0 Å². The van der Waals surface area contributed by atoms with E-state index in [1.54, 1.807) is 0 Å². The van der Waals surface area contributed by atoms with Crippen molar-refractivity contribution in [2.24, 2.45) is 0 Å². The lowest BCUT2D eigenvalue weighted by Gasteiger charge is -1.82. The van der Waals surface area contributed by atoms with Crippen LogP contribution in [0.5, 0.6) is 0 Å². The first-order chi connectivity index (χ1) is 3.39. The third-order valence-corrected chi connectivity index (χ3v) is 1.51. The molecular formula is C6H6Si+. The summed E-state index contributed by atoms with van der Waals surface area (Å²) in [7, 11) is 0.866. The monoisotopic (exact) mass is 106 g/mol. The van der Waals surface area contributed by atoms with Crippen LogP contribution in [-0.2, 0) is 0 Å². The Kier molecular flexibility index (Phi) is 1.27. The second-order valence-corrected chi connectivity index (χ2v) is 2.41. The van der Waals surface area contributed by atoms with Gasteiger partial charge >= 0.3 is 9.52 Å². The summed E-state index contributed by atoms with van der Waals surface area (Å²) >= 11 is 0. The van der Waals surface area contributed by atoms with E-state index in [4.69, 9.17) is 0 Å². The molecule has 0 aliphatic carbocycles. The van der Waals surface area contributed by atoms with Crippen molar-refractivity contribution in [1.82, 2.24) is 0 Å². The largest absolute Gasteiger partial charge is 0.550 e. The van der Waals surface area contributed by atoms with Crippen molar-refractivity contribution in [3.8, 4) is 0 Å². The standard InChI is InChI=1S/C6H6Si/c1-6-2-4-7-5-3-6/h2-5H,1H2/q+1. The first-order valence-electron chi connectivity index (χ1n) is 2.17. The van der Waals surface area contributed by atoms with Crippen molar-refractivity contribution in [3.05, 3.63) is 35.7 Å². The molecule has 33 valence electrons. The summed E-state index contributed by atoms with van der Waals surface area (Å²) in [4.78, 5) is 0. The van der Waals surface area contributed by atoms with Crippen LogP contribution in [0.25, 0.3) is 0 Å². The molecule has 0 atom stereocenters. The van der Waals surface area contributed by atoms with Gasteiger partial charge in [-0.1, -0.05) is 6.58 Å². The molecule has 1 aliphatic rings. The summed E-state index contributed by atoms with van der Waals surface area (Å²) in [6, 6.07) is 0. The van der Waals surface area contributed by atoms with E-state index in [1.165, 1.54) is 0 Å². The fraction of sp³-hybridized carbons (Fsp3) is 0. The summed E-state index contributed by atoms with van der Waals surface area (Å²) in [5.74, 6) is 0. The Morgan fingerprint density at radius 3 is 2.14 bits per heavy atom. The Morgan fingerprint density at radius 2 is 1.86 bits per heavy atom. The van der Waals surface area contributed by atoms with Crippen LogP contribution in [0.2, 0.25) is 0 Å². The third-order valence-electron chi connectivity index (χ3n) is 0.787. The van der Waals surface area contributed by atoms with Crippen LogP contribution in [0.15, 0.2) is 35.7 Å². The Morgan fingerprint density at radius 1 is 1.29 bits per heavy atom.